The Morgan fingerprint density at radius 3 is 2.92 bits per heavy atom. The zero-order valence-electron chi connectivity index (χ0n) is 16.0. The normalized spacial score (nSPS) is 17.3. The van der Waals surface area contributed by atoms with E-state index >= 15 is 0 Å². The number of hydrogen-bond acceptors (Lipinski definition) is 3. The monoisotopic (exact) mass is 379 g/mol. The van der Waals surface area contributed by atoms with Crippen molar-refractivity contribution in [3.63, 3.8) is 0 Å². The predicted octanol–water partition coefficient (Wildman–Crippen LogP) is 2.34. The number of nitrogens with zero attached hydrogens (tertiary/aromatic N) is 3. The Hall–Kier alpha value is -1.95. The molecule has 1 unspecified atom stereocenters. The van der Waals surface area contributed by atoms with E-state index in [-0.39, 0.29) is 18.5 Å². The van der Waals surface area contributed by atoms with Crippen LogP contribution in [0.15, 0.2) is 29.3 Å². The summed E-state index contributed by atoms with van der Waals surface area (Å²) in [6.07, 6.45) is 3.20. The average Bonchev–Trinajstić information content (AvgIpc) is 3.08. The minimum Gasteiger partial charge on any atom is -0.369 e. The third-order valence-electron chi connectivity index (χ3n) is 4.40. The van der Waals surface area contributed by atoms with Gasteiger partial charge in [-0.1, -0.05) is 31.0 Å². The number of halogens is 1. The topological polar surface area (TPSA) is 60.0 Å². The van der Waals surface area contributed by atoms with Gasteiger partial charge < -0.3 is 20.4 Å². The molecule has 144 valence electrons. The highest BCUT2D eigenvalue weighted by atomic mass is 35.5. The Balaban J connectivity index is 1.94. The van der Waals surface area contributed by atoms with Crippen molar-refractivity contribution in [2.24, 2.45) is 4.99 Å². The number of amides is 1. The Morgan fingerprint density at radius 2 is 2.23 bits per heavy atom. The standard InChI is InChI=1S/C19H30ClN5O/c1-4-5-10-21-19(22-13-18(26)24(2)3)23-16-9-11-25(14-16)17-8-6-7-15(20)12-17/h6-8,12,16H,4-5,9-11,13-14H2,1-3H3,(H2,21,22,23). The zero-order valence-corrected chi connectivity index (χ0v) is 16.7. The number of guanidine groups is 1. The first-order valence-electron chi connectivity index (χ1n) is 9.25. The molecule has 1 fully saturated rings. The number of rotatable bonds is 7. The fraction of sp³-hybridized carbons (Fsp3) is 0.579. The molecule has 7 heteroatoms. The molecule has 1 aliphatic rings. The van der Waals surface area contributed by atoms with Crippen LogP contribution in [0.25, 0.3) is 0 Å². The Bertz CT molecular complexity index is 620. The summed E-state index contributed by atoms with van der Waals surface area (Å²) in [5.41, 5.74) is 1.14. The second-order valence-electron chi connectivity index (χ2n) is 6.79. The third-order valence-corrected chi connectivity index (χ3v) is 4.63. The van der Waals surface area contributed by atoms with Gasteiger partial charge in [0.05, 0.1) is 0 Å². The average molecular weight is 380 g/mol. The van der Waals surface area contributed by atoms with Crippen LogP contribution < -0.4 is 15.5 Å². The minimum absolute atomic E-state index is 0.00596. The molecule has 6 nitrogen and oxygen atoms in total. The van der Waals surface area contributed by atoms with Gasteiger partial charge in [-0.15, -0.1) is 0 Å². The first-order chi connectivity index (χ1) is 12.5. The number of anilines is 1. The molecule has 1 heterocycles. The van der Waals surface area contributed by atoms with Gasteiger partial charge in [0.25, 0.3) is 0 Å². The minimum atomic E-state index is -0.00596. The van der Waals surface area contributed by atoms with E-state index in [2.05, 4.69) is 33.5 Å². The lowest BCUT2D eigenvalue weighted by molar-refractivity contribution is -0.127. The Morgan fingerprint density at radius 1 is 1.42 bits per heavy atom. The fourth-order valence-electron chi connectivity index (χ4n) is 2.80. The van der Waals surface area contributed by atoms with E-state index in [4.69, 9.17) is 11.6 Å². The molecule has 0 radical (unpaired) electrons. The molecule has 0 bridgehead atoms. The largest absolute Gasteiger partial charge is 0.369 e. The number of hydrogen-bond donors (Lipinski definition) is 2. The number of carbonyl (C=O) groups excluding carboxylic acids is 1. The molecule has 26 heavy (non-hydrogen) atoms. The molecule has 1 aliphatic heterocycles. The van der Waals surface area contributed by atoms with Crippen LogP contribution in [0, 0.1) is 0 Å². The van der Waals surface area contributed by atoms with Crippen molar-refractivity contribution in [3.05, 3.63) is 29.3 Å². The molecule has 1 saturated heterocycles. The van der Waals surface area contributed by atoms with Crippen LogP contribution >= 0.6 is 11.6 Å². The SMILES string of the molecule is CCCCNC(=NCC(=O)N(C)C)NC1CCN(c2cccc(Cl)c2)C1. The maximum atomic E-state index is 11.8. The summed E-state index contributed by atoms with van der Waals surface area (Å²) in [6.45, 7) is 5.01. The first kappa shape index (κ1) is 20.4. The molecule has 1 atom stereocenters. The van der Waals surface area contributed by atoms with Gasteiger partial charge >= 0.3 is 0 Å². The van der Waals surface area contributed by atoms with E-state index in [1.165, 1.54) is 0 Å². The maximum Gasteiger partial charge on any atom is 0.243 e. The van der Waals surface area contributed by atoms with Crippen LogP contribution in [0.3, 0.4) is 0 Å². The van der Waals surface area contributed by atoms with E-state index in [1.54, 1.807) is 19.0 Å². The summed E-state index contributed by atoms with van der Waals surface area (Å²) in [6, 6.07) is 8.23. The van der Waals surface area contributed by atoms with Crippen LogP contribution in [0.1, 0.15) is 26.2 Å². The summed E-state index contributed by atoms with van der Waals surface area (Å²) in [4.78, 5) is 20.2. The van der Waals surface area contributed by atoms with Crippen LogP contribution in [0.2, 0.25) is 5.02 Å². The number of aliphatic imine (C=N–C) groups is 1. The van der Waals surface area contributed by atoms with Gasteiger partial charge in [0.1, 0.15) is 6.54 Å². The molecular formula is C19H30ClN5O. The predicted molar refractivity (Wildman–Crippen MR) is 109 cm³/mol. The molecule has 0 spiro atoms. The van der Waals surface area contributed by atoms with Crippen molar-refractivity contribution in [3.8, 4) is 0 Å². The summed E-state index contributed by atoms with van der Waals surface area (Å²) in [5.74, 6) is 0.708. The van der Waals surface area contributed by atoms with E-state index in [1.807, 2.05) is 18.2 Å². The molecule has 2 rings (SSSR count). The van der Waals surface area contributed by atoms with Gasteiger partial charge in [0.15, 0.2) is 5.96 Å². The van der Waals surface area contributed by atoms with Gasteiger partial charge in [-0.25, -0.2) is 4.99 Å². The molecule has 0 aromatic heterocycles. The summed E-state index contributed by atoms with van der Waals surface area (Å²) in [7, 11) is 3.49. The molecular weight excluding hydrogens is 350 g/mol. The van der Waals surface area contributed by atoms with Crippen LogP contribution in [0.4, 0.5) is 5.69 Å². The lowest BCUT2D eigenvalue weighted by atomic mass is 10.2. The van der Waals surface area contributed by atoms with E-state index in [9.17, 15) is 4.79 Å². The zero-order chi connectivity index (χ0) is 18.9. The molecule has 0 aliphatic carbocycles. The van der Waals surface area contributed by atoms with Crippen LogP contribution in [0.5, 0.6) is 0 Å². The second kappa shape index (κ2) is 10.3. The molecule has 1 aromatic carbocycles. The molecule has 1 amide bonds. The van der Waals surface area contributed by atoms with Gasteiger partial charge in [-0.2, -0.15) is 0 Å². The highest BCUT2D eigenvalue weighted by Crippen LogP contribution is 2.23. The third kappa shape index (κ3) is 6.41. The first-order valence-corrected chi connectivity index (χ1v) is 9.63. The van der Waals surface area contributed by atoms with Crippen LogP contribution in [-0.2, 0) is 4.79 Å². The lowest BCUT2D eigenvalue weighted by Crippen LogP contribution is -2.45. The van der Waals surface area contributed by atoms with E-state index in [0.717, 1.165) is 49.6 Å². The highest BCUT2D eigenvalue weighted by Gasteiger charge is 2.23. The number of nitrogens with one attached hydrogen (secondary N) is 2. The number of likely N-dealkylation sites (N-methyl/N-ethyl adjacent to an activating group) is 1. The van der Waals surface area contributed by atoms with Crippen molar-refractivity contribution >= 4 is 29.2 Å². The summed E-state index contributed by atoms with van der Waals surface area (Å²) >= 11 is 6.10. The number of carbonyl (C=O) groups is 1. The van der Waals surface area contributed by atoms with Crippen molar-refractivity contribution in [2.75, 3.05) is 45.2 Å². The Labute approximate surface area is 161 Å². The van der Waals surface area contributed by atoms with Gasteiger partial charge in [-0.05, 0) is 31.0 Å². The van der Waals surface area contributed by atoms with Crippen LogP contribution in [-0.4, -0.2) is 63.1 Å². The molecule has 2 N–H and O–H groups in total. The molecule has 0 saturated carbocycles. The quantitative estimate of drug-likeness (QED) is 0.433. The summed E-state index contributed by atoms with van der Waals surface area (Å²) in [5, 5.41) is 7.57. The van der Waals surface area contributed by atoms with E-state index in [0.29, 0.717) is 5.96 Å². The molecule has 1 aromatic rings. The lowest BCUT2D eigenvalue weighted by Gasteiger charge is -2.21. The smallest absolute Gasteiger partial charge is 0.243 e. The highest BCUT2D eigenvalue weighted by molar-refractivity contribution is 6.30. The van der Waals surface area contributed by atoms with Crippen molar-refractivity contribution in [1.82, 2.24) is 15.5 Å². The number of benzene rings is 1. The van der Waals surface area contributed by atoms with Gasteiger partial charge in [0, 0.05) is 50.5 Å². The summed E-state index contributed by atoms with van der Waals surface area (Å²) < 4.78 is 0. The van der Waals surface area contributed by atoms with Crippen molar-refractivity contribution < 1.29 is 4.79 Å². The second-order valence-corrected chi connectivity index (χ2v) is 7.23. The van der Waals surface area contributed by atoms with Crippen molar-refractivity contribution in [1.29, 1.82) is 0 Å². The van der Waals surface area contributed by atoms with Gasteiger partial charge in [-0.3, -0.25) is 4.79 Å². The Kier molecular flexibility index (Phi) is 8.04. The maximum absolute atomic E-state index is 11.8. The number of unbranched alkanes of at least 4 members (excludes halogenated alkanes) is 1. The van der Waals surface area contributed by atoms with Crippen molar-refractivity contribution in [2.45, 2.75) is 32.2 Å². The van der Waals surface area contributed by atoms with Gasteiger partial charge in [0.2, 0.25) is 5.91 Å². The fourth-order valence-corrected chi connectivity index (χ4v) is 2.99. The van der Waals surface area contributed by atoms with E-state index < -0.39 is 0 Å².